The lowest BCUT2D eigenvalue weighted by molar-refractivity contribution is 0.0666. The van der Waals surface area contributed by atoms with Gasteiger partial charge in [0.15, 0.2) is 0 Å². The maximum Gasteiger partial charge on any atom is 0.0593 e. The molecule has 1 atom stereocenters. The molecule has 106 valence electrons. The van der Waals surface area contributed by atoms with E-state index in [0.717, 1.165) is 19.8 Å². The van der Waals surface area contributed by atoms with E-state index in [2.05, 4.69) is 29.0 Å². The van der Waals surface area contributed by atoms with Gasteiger partial charge in [0.1, 0.15) is 0 Å². The predicted octanol–water partition coefficient (Wildman–Crippen LogP) is 0.640. The van der Waals surface area contributed by atoms with Gasteiger partial charge in [-0.25, -0.2) is 0 Å². The molecular weight excluding hydrogens is 226 g/mol. The summed E-state index contributed by atoms with van der Waals surface area (Å²) in [5, 5.41) is 3.49. The van der Waals surface area contributed by atoms with Crippen molar-refractivity contribution < 1.29 is 4.74 Å². The highest BCUT2D eigenvalue weighted by atomic mass is 16.5. The van der Waals surface area contributed by atoms with Crippen LogP contribution in [0.15, 0.2) is 0 Å². The molecular formula is C14H29N3O. The van der Waals surface area contributed by atoms with Crippen molar-refractivity contribution in [3.05, 3.63) is 0 Å². The second kappa shape index (κ2) is 6.85. The van der Waals surface area contributed by atoms with Crippen molar-refractivity contribution in [2.24, 2.45) is 5.41 Å². The number of rotatable bonds is 6. The van der Waals surface area contributed by atoms with Crippen LogP contribution in [0, 0.1) is 5.41 Å². The molecule has 2 aliphatic rings. The summed E-state index contributed by atoms with van der Waals surface area (Å²) in [6.45, 7) is 15.8. The second-order valence-electron chi connectivity index (χ2n) is 6.05. The lowest BCUT2D eigenvalue weighted by Crippen LogP contribution is -2.50. The molecule has 2 fully saturated rings. The van der Waals surface area contributed by atoms with Crippen molar-refractivity contribution in [1.29, 1.82) is 0 Å². The van der Waals surface area contributed by atoms with Gasteiger partial charge in [-0.15, -0.1) is 0 Å². The third-order valence-electron chi connectivity index (χ3n) is 4.28. The molecule has 4 nitrogen and oxygen atoms in total. The lowest BCUT2D eigenvalue weighted by Gasteiger charge is -2.38. The minimum absolute atomic E-state index is 0.507. The van der Waals surface area contributed by atoms with E-state index in [1.165, 1.54) is 52.2 Å². The summed E-state index contributed by atoms with van der Waals surface area (Å²) in [7, 11) is 0. The number of piperazine rings is 1. The summed E-state index contributed by atoms with van der Waals surface area (Å²) in [6, 6.07) is 0. The largest absolute Gasteiger partial charge is 0.380 e. The Balaban J connectivity index is 1.64. The fraction of sp³-hybridized carbons (Fsp3) is 1.00. The highest BCUT2D eigenvalue weighted by molar-refractivity contribution is 4.87. The minimum atomic E-state index is 0.507. The van der Waals surface area contributed by atoms with E-state index in [-0.39, 0.29) is 0 Å². The Bertz CT molecular complexity index is 233. The van der Waals surface area contributed by atoms with Crippen LogP contribution in [0.4, 0.5) is 0 Å². The quantitative estimate of drug-likeness (QED) is 0.705. The van der Waals surface area contributed by atoms with E-state index in [0.29, 0.717) is 5.41 Å². The fourth-order valence-electron chi connectivity index (χ4n) is 3.05. The predicted molar refractivity (Wildman–Crippen MR) is 75.0 cm³/mol. The lowest BCUT2D eigenvalue weighted by atomic mass is 9.89. The van der Waals surface area contributed by atoms with Crippen LogP contribution in [0.3, 0.4) is 0 Å². The van der Waals surface area contributed by atoms with E-state index in [9.17, 15) is 0 Å². The zero-order chi connectivity index (χ0) is 12.8. The van der Waals surface area contributed by atoms with Gasteiger partial charge >= 0.3 is 0 Å². The maximum atomic E-state index is 5.42. The van der Waals surface area contributed by atoms with Gasteiger partial charge in [-0.05, 0) is 25.3 Å². The van der Waals surface area contributed by atoms with Gasteiger partial charge in [-0.3, -0.25) is 4.90 Å². The molecule has 0 amide bonds. The first-order valence-corrected chi connectivity index (χ1v) is 7.45. The van der Waals surface area contributed by atoms with Crippen molar-refractivity contribution in [1.82, 2.24) is 15.1 Å². The van der Waals surface area contributed by atoms with Gasteiger partial charge in [0.2, 0.25) is 0 Å². The Morgan fingerprint density at radius 2 is 1.89 bits per heavy atom. The van der Waals surface area contributed by atoms with Gasteiger partial charge in [0.05, 0.1) is 6.61 Å². The first-order chi connectivity index (χ1) is 8.72. The molecule has 2 saturated heterocycles. The molecule has 0 radical (unpaired) electrons. The van der Waals surface area contributed by atoms with Crippen molar-refractivity contribution in [2.45, 2.75) is 20.3 Å². The summed E-state index contributed by atoms with van der Waals surface area (Å²) in [6.07, 6.45) is 1.33. The average Bonchev–Trinajstić information content (AvgIpc) is 2.78. The number of hydrogen-bond donors (Lipinski definition) is 1. The van der Waals surface area contributed by atoms with Gasteiger partial charge in [0, 0.05) is 52.4 Å². The molecule has 4 heteroatoms. The molecule has 0 bridgehead atoms. The monoisotopic (exact) mass is 255 g/mol. The third kappa shape index (κ3) is 4.19. The Labute approximate surface area is 112 Å². The molecule has 2 aliphatic heterocycles. The van der Waals surface area contributed by atoms with E-state index in [4.69, 9.17) is 4.74 Å². The molecule has 0 spiro atoms. The average molecular weight is 255 g/mol. The van der Waals surface area contributed by atoms with Gasteiger partial charge in [-0.1, -0.05) is 6.92 Å². The van der Waals surface area contributed by atoms with Crippen LogP contribution >= 0.6 is 0 Å². The third-order valence-corrected chi connectivity index (χ3v) is 4.28. The molecule has 0 aromatic heterocycles. The van der Waals surface area contributed by atoms with Gasteiger partial charge in [-0.2, -0.15) is 0 Å². The molecule has 0 aromatic rings. The Hall–Kier alpha value is -0.160. The molecule has 1 N–H and O–H groups in total. The van der Waals surface area contributed by atoms with E-state index in [1.54, 1.807) is 0 Å². The topological polar surface area (TPSA) is 27.7 Å². The van der Waals surface area contributed by atoms with Crippen molar-refractivity contribution in [3.8, 4) is 0 Å². The normalized spacial score (nSPS) is 31.0. The zero-order valence-corrected chi connectivity index (χ0v) is 12.1. The first-order valence-electron chi connectivity index (χ1n) is 7.45. The van der Waals surface area contributed by atoms with Crippen LogP contribution in [-0.4, -0.2) is 75.4 Å². The molecule has 2 heterocycles. The SMILES string of the molecule is CCOCCN1CCN(CC2(C)CCNC2)CC1. The van der Waals surface area contributed by atoms with Crippen LogP contribution in [-0.2, 0) is 4.74 Å². The van der Waals surface area contributed by atoms with Crippen molar-refractivity contribution in [2.75, 3.05) is 65.6 Å². The standard InChI is InChI=1S/C14H29N3O/c1-3-18-11-10-16-6-8-17(9-7-16)13-14(2)4-5-15-12-14/h15H,3-13H2,1-2H3. The molecule has 0 aromatic carbocycles. The van der Waals surface area contributed by atoms with Crippen LogP contribution in [0.25, 0.3) is 0 Å². The summed E-state index contributed by atoms with van der Waals surface area (Å²) in [5.74, 6) is 0. The zero-order valence-electron chi connectivity index (χ0n) is 12.1. The van der Waals surface area contributed by atoms with Crippen LogP contribution in [0.1, 0.15) is 20.3 Å². The Kier molecular flexibility index (Phi) is 5.42. The number of ether oxygens (including phenoxy) is 1. The second-order valence-corrected chi connectivity index (χ2v) is 6.05. The maximum absolute atomic E-state index is 5.42. The number of hydrogen-bond acceptors (Lipinski definition) is 4. The minimum Gasteiger partial charge on any atom is -0.380 e. The fourth-order valence-corrected chi connectivity index (χ4v) is 3.05. The Morgan fingerprint density at radius 1 is 1.17 bits per heavy atom. The smallest absolute Gasteiger partial charge is 0.0593 e. The van der Waals surface area contributed by atoms with Crippen LogP contribution < -0.4 is 5.32 Å². The summed E-state index contributed by atoms with van der Waals surface area (Å²) in [5.41, 5.74) is 0.507. The van der Waals surface area contributed by atoms with Crippen LogP contribution in [0.2, 0.25) is 0 Å². The molecule has 0 saturated carbocycles. The summed E-state index contributed by atoms with van der Waals surface area (Å²) >= 11 is 0. The van der Waals surface area contributed by atoms with Crippen LogP contribution in [0.5, 0.6) is 0 Å². The van der Waals surface area contributed by atoms with Gasteiger partial charge in [0.25, 0.3) is 0 Å². The highest BCUT2D eigenvalue weighted by Gasteiger charge is 2.31. The van der Waals surface area contributed by atoms with E-state index < -0.39 is 0 Å². The van der Waals surface area contributed by atoms with E-state index in [1.807, 2.05) is 0 Å². The van der Waals surface area contributed by atoms with E-state index >= 15 is 0 Å². The van der Waals surface area contributed by atoms with Gasteiger partial charge < -0.3 is 15.0 Å². The highest BCUT2D eigenvalue weighted by Crippen LogP contribution is 2.26. The van der Waals surface area contributed by atoms with Crippen molar-refractivity contribution >= 4 is 0 Å². The van der Waals surface area contributed by atoms with Crippen molar-refractivity contribution in [3.63, 3.8) is 0 Å². The summed E-state index contributed by atoms with van der Waals surface area (Å²) < 4.78 is 5.42. The Morgan fingerprint density at radius 3 is 2.50 bits per heavy atom. The molecule has 18 heavy (non-hydrogen) atoms. The number of nitrogens with one attached hydrogen (secondary N) is 1. The molecule has 1 unspecified atom stereocenters. The number of nitrogens with zero attached hydrogens (tertiary/aromatic N) is 2. The first kappa shape index (κ1) is 14.3. The molecule has 2 rings (SSSR count). The molecule has 0 aliphatic carbocycles. The summed E-state index contributed by atoms with van der Waals surface area (Å²) in [4.78, 5) is 5.17.